The van der Waals surface area contributed by atoms with Gasteiger partial charge in [0.05, 0.1) is 10.6 Å². The van der Waals surface area contributed by atoms with Crippen LogP contribution in [0.1, 0.15) is 37.7 Å². The predicted octanol–water partition coefficient (Wildman–Crippen LogP) is 3.87. The molecule has 7 heteroatoms. The van der Waals surface area contributed by atoms with Gasteiger partial charge in [0.2, 0.25) is 0 Å². The van der Waals surface area contributed by atoms with Crippen LogP contribution < -0.4 is 0 Å². The maximum absolute atomic E-state index is 14.6. The lowest BCUT2D eigenvalue weighted by Crippen LogP contribution is -2.48. The molecule has 1 heterocycles. The van der Waals surface area contributed by atoms with Crippen LogP contribution in [0.15, 0.2) is 18.2 Å². The zero-order valence-corrected chi connectivity index (χ0v) is 15.1. The van der Waals surface area contributed by atoms with Crippen molar-refractivity contribution in [1.29, 1.82) is 0 Å². The monoisotopic (exact) mass is 373 g/mol. The summed E-state index contributed by atoms with van der Waals surface area (Å²) in [6, 6.07) is 4.59. The molecule has 1 unspecified atom stereocenters. The Labute approximate surface area is 152 Å². The summed E-state index contributed by atoms with van der Waals surface area (Å²) in [7, 11) is 1.61. The summed E-state index contributed by atoms with van der Waals surface area (Å²) < 4.78 is 19.7. The molecule has 1 saturated heterocycles. The van der Waals surface area contributed by atoms with Gasteiger partial charge in [-0.25, -0.2) is 9.18 Å². The fraction of sp³-hybridized carbons (Fsp3) is 0.611. The molecule has 0 radical (unpaired) electrons. The van der Waals surface area contributed by atoms with E-state index in [1.165, 1.54) is 17.0 Å². The number of rotatable bonds is 7. The summed E-state index contributed by atoms with van der Waals surface area (Å²) in [5.74, 6) is -1.02. The molecule has 25 heavy (non-hydrogen) atoms. The molecule has 0 bridgehead atoms. The largest absolute Gasteiger partial charge is 0.465 e. The van der Waals surface area contributed by atoms with Crippen molar-refractivity contribution in [2.75, 3.05) is 26.8 Å². The lowest BCUT2D eigenvalue weighted by Gasteiger charge is -2.42. The van der Waals surface area contributed by atoms with E-state index in [0.717, 1.165) is 6.42 Å². The number of ether oxygens (including phenoxy) is 1. The summed E-state index contributed by atoms with van der Waals surface area (Å²) in [4.78, 5) is 12.6. The number of halogens is 2. The molecule has 1 aromatic carbocycles. The Kier molecular flexibility index (Phi) is 7.04. The minimum Gasteiger partial charge on any atom is -0.465 e. The normalized spacial score (nSPS) is 20.3. The SMILES string of the molecule is COCCCC[C@@](O)(c1cccc(Cl)c1F)C1CCCN(C(=O)O)C1. The van der Waals surface area contributed by atoms with Crippen molar-refractivity contribution in [1.82, 2.24) is 4.90 Å². The van der Waals surface area contributed by atoms with Crippen LogP contribution in [0.3, 0.4) is 0 Å². The first-order chi connectivity index (χ1) is 11.9. The molecule has 0 aliphatic carbocycles. The fourth-order valence-corrected chi connectivity index (χ4v) is 3.75. The van der Waals surface area contributed by atoms with E-state index in [1.807, 2.05) is 0 Å². The molecule has 2 atom stereocenters. The number of likely N-dealkylation sites (tertiary alicyclic amines) is 1. The molecule has 2 N–H and O–H groups in total. The van der Waals surface area contributed by atoms with Crippen molar-refractivity contribution >= 4 is 17.7 Å². The second kappa shape index (κ2) is 8.83. The van der Waals surface area contributed by atoms with Crippen molar-refractivity contribution in [3.8, 4) is 0 Å². The third kappa shape index (κ3) is 4.63. The highest BCUT2D eigenvalue weighted by molar-refractivity contribution is 6.30. The number of hydrogen-bond acceptors (Lipinski definition) is 3. The van der Waals surface area contributed by atoms with Gasteiger partial charge in [-0.15, -0.1) is 0 Å². The number of carbonyl (C=O) groups is 1. The molecule has 1 aromatic rings. The quantitative estimate of drug-likeness (QED) is 0.712. The highest BCUT2D eigenvalue weighted by atomic mass is 35.5. The van der Waals surface area contributed by atoms with Gasteiger partial charge in [0.25, 0.3) is 0 Å². The second-order valence-electron chi connectivity index (χ2n) is 6.54. The van der Waals surface area contributed by atoms with E-state index in [-0.39, 0.29) is 23.0 Å². The number of nitrogens with zero attached hydrogens (tertiary/aromatic N) is 1. The fourth-order valence-electron chi connectivity index (χ4n) is 3.58. The van der Waals surface area contributed by atoms with E-state index in [4.69, 9.17) is 16.3 Å². The Hall–Kier alpha value is -1.37. The molecular formula is C18H25ClFNO4. The van der Waals surface area contributed by atoms with E-state index in [9.17, 15) is 19.4 Å². The van der Waals surface area contributed by atoms with E-state index in [2.05, 4.69) is 0 Å². The number of benzene rings is 1. The third-order valence-electron chi connectivity index (χ3n) is 4.94. The van der Waals surface area contributed by atoms with Gasteiger partial charge in [0.15, 0.2) is 0 Å². The maximum atomic E-state index is 14.6. The average Bonchev–Trinajstić information content (AvgIpc) is 2.61. The molecule has 1 aliphatic heterocycles. The van der Waals surface area contributed by atoms with Crippen molar-refractivity contribution in [3.05, 3.63) is 34.6 Å². The zero-order chi connectivity index (χ0) is 18.4. The van der Waals surface area contributed by atoms with Gasteiger partial charge < -0.3 is 19.8 Å². The molecule has 0 saturated carbocycles. The minimum atomic E-state index is -1.46. The van der Waals surface area contributed by atoms with E-state index in [0.29, 0.717) is 38.8 Å². The number of methoxy groups -OCH3 is 1. The first-order valence-electron chi connectivity index (χ1n) is 8.54. The molecule has 0 aromatic heterocycles. The van der Waals surface area contributed by atoms with Crippen LogP contribution in [0.2, 0.25) is 5.02 Å². The summed E-state index contributed by atoms with van der Waals surface area (Å²) in [6.07, 6.45) is 1.95. The Balaban J connectivity index is 2.31. The summed E-state index contributed by atoms with van der Waals surface area (Å²) in [5, 5.41) is 20.7. The lowest BCUT2D eigenvalue weighted by atomic mass is 9.74. The average molecular weight is 374 g/mol. The Bertz CT molecular complexity index is 600. The van der Waals surface area contributed by atoms with E-state index in [1.54, 1.807) is 13.2 Å². The van der Waals surface area contributed by atoms with Gasteiger partial charge in [-0.3, -0.25) is 0 Å². The summed E-state index contributed by atoms with van der Waals surface area (Å²) in [5.41, 5.74) is -1.31. The molecular weight excluding hydrogens is 349 g/mol. The first-order valence-corrected chi connectivity index (χ1v) is 8.91. The molecule has 1 amide bonds. The third-order valence-corrected chi connectivity index (χ3v) is 5.23. The van der Waals surface area contributed by atoms with Gasteiger partial charge in [-0.1, -0.05) is 23.7 Å². The van der Waals surface area contributed by atoms with Crippen LogP contribution in [-0.4, -0.2) is 48.0 Å². The van der Waals surface area contributed by atoms with Crippen molar-refractivity contribution in [3.63, 3.8) is 0 Å². The zero-order valence-electron chi connectivity index (χ0n) is 14.4. The Morgan fingerprint density at radius 2 is 2.24 bits per heavy atom. The summed E-state index contributed by atoms with van der Waals surface area (Å²) in [6.45, 7) is 1.17. The number of hydrogen-bond donors (Lipinski definition) is 2. The number of carboxylic acid groups (broad SMARTS) is 1. The van der Waals surface area contributed by atoms with Gasteiger partial charge in [0, 0.05) is 38.3 Å². The topological polar surface area (TPSA) is 70.0 Å². The van der Waals surface area contributed by atoms with Crippen LogP contribution in [0.4, 0.5) is 9.18 Å². The smallest absolute Gasteiger partial charge is 0.407 e. The van der Waals surface area contributed by atoms with E-state index >= 15 is 0 Å². The molecule has 1 fully saturated rings. The lowest BCUT2D eigenvalue weighted by molar-refractivity contribution is -0.0608. The minimum absolute atomic E-state index is 0.0429. The number of amides is 1. The molecule has 5 nitrogen and oxygen atoms in total. The van der Waals surface area contributed by atoms with Crippen LogP contribution in [0.5, 0.6) is 0 Å². The molecule has 1 aliphatic rings. The first kappa shape index (κ1) is 19.9. The highest BCUT2D eigenvalue weighted by Crippen LogP contribution is 2.41. The van der Waals surface area contributed by atoms with E-state index < -0.39 is 17.5 Å². The highest BCUT2D eigenvalue weighted by Gasteiger charge is 2.43. The molecule has 140 valence electrons. The van der Waals surface area contributed by atoms with Crippen LogP contribution >= 0.6 is 11.6 Å². The van der Waals surface area contributed by atoms with Gasteiger partial charge >= 0.3 is 6.09 Å². The predicted molar refractivity (Wildman–Crippen MR) is 93.4 cm³/mol. The van der Waals surface area contributed by atoms with Crippen molar-refractivity contribution in [2.45, 2.75) is 37.7 Å². The Morgan fingerprint density at radius 3 is 2.92 bits per heavy atom. The van der Waals surface area contributed by atoms with Crippen LogP contribution in [0.25, 0.3) is 0 Å². The van der Waals surface area contributed by atoms with Crippen LogP contribution in [-0.2, 0) is 10.3 Å². The van der Waals surface area contributed by atoms with Gasteiger partial charge in [0.1, 0.15) is 5.82 Å². The molecule has 2 rings (SSSR count). The number of aliphatic hydroxyl groups is 1. The molecule has 0 spiro atoms. The Morgan fingerprint density at radius 1 is 1.48 bits per heavy atom. The maximum Gasteiger partial charge on any atom is 0.407 e. The standard InChI is InChI=1S/C18H25ClFNO4/c1-25-11-3-2-9-18(24,14-7-4-8-15(19)16(14)20)13-6-5-10-21(12-13)17(22)23/h4,7-8,13,24H,2-3,5-6,9-12H2,1H3,(H,22,23)/t13?,18-/m0/s1. The van der Waals surface area contributed by atoms with Crippen molar-refractivity contribution < 1.29 is 24.1 Å². The second-order valence-corrected chi connectivity index (χ2v) is 6.95. The number of unbranched alkanes of at least 4 members (excludes halogenated alkanes) is 1. The van der Waals surface area contributed by atoms with Crippen LogP contribution in [0, 0.1) is 11.7 Å². The number of piperidine rings is 1. The van der Waals surface area contributed by atoms with Gasteiger partial charge in [-0.2, -0.15) is 0 Å². The van der Waals surface area contributed by atoms with Gasteiger partial charge in [-0.05, 0) is 38.2 Å². The van der Waals surface area contributed by atoms with Crippen molar-refractivity contribution in [2.24, 2.45) is 5.92 Å². The summed E-state index contributed by atoms with van der Waals surface area (Å²) >= 11 is 5.91.